The lowest BCUT2D eigenvalue weighted by atomic mass is 10.0. The van der Waals surface area contributed by atoms with Gasteiger partial charge in [-0.15, -0.1) is 0 Å². The Labute approximate surface area is 105 Å². The van der Waals surface area contributed by atoms with Crippen LogP contribution in [0, 0.1) is 5.92 Å². The molecule has 0 aromatic carbocycles. The van der Waals surface area contributed by atoms with E-state index in [1.165, 1.54) is 50.4 Å². The summed E-state index contributed by atoms with van der Waals surface area (Å²) in [5.74, 6) is 3.51. The average Bonchev–Trinajstić information content (AvgIpc) is 2.56. The van der Waals surface area contributed by atoms with Crippen LogP contribution in [0.25, 0.3) is 0 Å². The lowest BCUT2D eigenvalue weighted by Crippen LogP contribution is -2.46. The smallest absolute Gasteiger partial charge is 0.0218 e. The van der Waals surface area contributed by atoms with Gasteiger partial charge in [0.1, 0.15) is 0 Å². The molecule has 2 aliphatic rings. The maximum Gasteiger partial charge on any atom is 0.0218 e. The highest BCUT2D eigenvalue weighted by molar-refractivity contribution is 7.99. The Morgan fingerprint density at radius 1 is 1.25 bits per heavy atom. The van der Waals surface area contributed by atoms with Crippen molar-refractivity contribution in [2.45, 2.75) is 45.2 Å². The van der Waals surface area contributed by atoms with E-state index >= 15 is 0 Å². The Hall–Kier alpha value is 0.270. The van der Waals surface area contributed by atoms with Crippen molar-refractivity contribution in [3.63, 3.8) is 0 Å². The number of hydrogen-bond donors (Lipinski definition) is 1. The summed E-state index contributed by atoms with van der Waals surface area (Å²) in [5, 5.41) is 3.70. The number of thioether (sulfide) groups is 1. The van der Waals surface area contributed by atoms with E-state index in [2.05, 4.69) is 35.8 Å². The molecule has 16 heavy (non-hydrogen) atoms. The van der Waals surface area contributed by atoms with Crippen LogP contribution >= 0.6 is 11.8 Å². The van der Waals surface area contributed by atoms with Crippen molar-refractivity contribution in [1.82, 2.24) is 10.2 Å². The van der Waals surface area contributed by atoms with Crippen molar-refractivity contribution in [1.29, 1.82) is 0 Å². The second-order valence-electron chi connectivity index (χ2n) is 5.50. The first-order chi connectivity index (χ1) is 7.77. The van der Waals surface area contributed by atoms with Crippen molar-refractivity contribution < 1.29 is 0 Å². The van der Waals surface area contributed by atoms with Crippen LogP contribution < -0.4 is 5.32 Å². The van der Waals surface area contributed by atoms with Crippen LogP contribution in [0.2, 0.25) is 0 Å². The fourth-order valence-electron chi connectivity index (χ4n) is 2.81. The first-order valence-corrected chi connectivity index (χ1v) is 7.98. The van der Waals surface area contributed by atoms with Gasteiger partial charge in [0.05, 0.1) is 0 Å². The van der Waals surface area contributed by atoms with E-state index in [0.717, 1.165) is 12.0 Å². The molecule has 2 aliphatic heterocycles. The maximum atomic E-state index is 3.70. The van der Waals surface area contributed by atoms with Gasteiger partial charge in [0.2, 0.25) is 0 Å². The van der Waals surface area contributed by atoms with Gasteiger partial charge < -0.3 is 5.32 Å². The quantitative estimate of drug-likeness (QED) is 0.799. The third-order valence-electron chi connectivity index (χ3n) is 3.97. The molecule has 94 valence electrons. The standard InChI is InChI=1S/C13H26N2S/c1-11(2)13-10-15(7-3-6-14-13)12-4-8-16-9-5-12/h11-14H,3-10H2,1-2H3. The summed E-state index contributed by atoms with van der Waals surface area (Å²) in [4.78, 5) is 2.77. The number of nitrogens with one attached hydrogen (secondary N) is 1. The van der Waals surface area contributed by atoms with Crippen LogP contribution in [0.5, 0.6) is 0 Å². The molecule has 1 atom stereocenters. The largest absolute Gasteiger partial charge is 0.312 e. The normalized spacial score (nSPS) is 30.6. The highest BCUT2D eigenvalue weighted by Gasteiger charge is 2.26. The maximum absolute atomic E-state index is 3.70. The fourth-order valence-corrected chi connectivity index (χ4v) is 3.89. The van der Waals surface area contributed by atoms with Gasteiger partial charge in [0.25, 0.3) is 0 Å². The number of rotatable bonds is 2. The van der Waals surface area contributed by atoms with Crippen molar-refractivity contribution in [2.24, 2.45) is 5.92 Å². The first-order valence-electron chi connectivity index (χ1n) is 6.82. The van der Waals surface area contributed by atoms with Crippen LogP contribution in [-0.4, -0.2) is 48.1 Å². The molecule has 2 rings (SSSR count). The summed E-state index contributed by atoms with van der Waals surface area (Å²) in [6.07, 6.45) is 4.15. The van der Waals surface area contributed by atoms with E-state index in [-0.39, 0.29) is 0 Å². The van der Waals surface area contributed by atoms with Gasteiger partial charge in [0.15, 0.2) is 0 Å². The van der Waals surface area contributed by atoms with E-state index in [1.54, 1.807) is 0 Å². The Bertz CT molecular complexity index is 202. The summed E-state index contributed by atoms with van der Waals surface area (Å²) in [5.41, 5.74) is 0. The highest BCUT2D eigenvalue weighted by atomic mass is 32.2. The van der Waals surface area contributed by atoms with Crippen LogP contribution in [0.15, 0.2) is 0 Å². The molecule has 2 fully saturated rings. The van der Waals surface area contributed by atoms with Gasteiger partial charge in [-0.05, 0) is 49.8 Å². The van der Waals surface area contributed by atoms with E-state index in [0.29, 0.717) is 6.04 Å². The van der Waals surface area contributed by atoms with E-state index < -0.39 is 0 Å². The zero-order chi connectivity index (χ0) is 11.4. The third kappa shape index (κ3) is 3.38. The highest BCUT2D eigenvalue weighted by Crippen LogP contribution is 2.23. The summed E-state index contributed by atoms with van der Waals surface area (Å²) < 4.78 is 0. The molecule has 2 saturated heterocycles. The van der Waals surface area contributed by atoms with Gasteiger partial charge in [0, 0.05) is 18.6 Å². The average molecular weight is 242 g/mol. The molecule has 2 nitrogen and oxygen atoms in total. The molecular weight excluding hydrogens is 216 g/mol. The number of hydrogen-bond acceptors (Lipinski definition) is 3. The van der Waals surface area contributed by atoms with Gasteiger partial charge in [-0.3, -0.25) is 4.90 Å². The van der Waals surface area contributed by atoms with Crippen molar-refractivity contribution in [3.8, 4) is 0 Å². The second kappa shape index (κ2) is 6.27. The molecule has 0 saturated carbocycles. The zero-order valence-electron chi connectivity index (χ0n) is 10.7. The Morgan fingerprint density at radius 3 is 2.69 bits per heavy atom. The minimum atomic E-state index is 0.706. The van der Waals surface area contributed by atoms with Crippen LogP contribution in [-0.2, 0) is 0 Å². The summed E-state index contributed by atoms with van der Waals surface area (Å²) >= 11 is 2.13. The van der Waals surface area contributed by atoms with Crippen LogP contribution in [0.3, 0.4) is 0 Å². The molecule has 0 bridgehead atoms. The zero-order valence-corrected chi connectivity index (χ0v) is 11.6. The van der Waals surface area contributed by atoms with Crippen molar-refractivity contribution in [2.75, 3.05) is 31.1 Å². The molecule has 0 aromatic rings. The van der Waals surface area contributed by atoms with Crippen LogP contribution in [0.4, 0.5) is 0 Å². The minimum Gasteiger partial charge on any atom is -0.312 e. The van der Waals surface area contributed by atoms with Gasteiger partial charge in [-0.2, -0.15) is 11.8 Å². The predicted octanol–water partition coefficient (Wildman–Crippen LogP) is 2.20. The Balaban J connectivity index is 1.91. The molecule has 1 N–H and O–H groups in total. The summed E-state index contributed by atoms with van der Waals surface area (Å²) in [6, 6.07) is 1.58. The predicted molar refractivity (Wildman–Crippen MR) is 73.2 cm³/mol. The molecule has 2 heterocycles. The van der Waals surface area contributed by atoms with Crippen molar-refractivity contribution in [3.05, 3.63) is 0 Å². The Morgan fingerprint density at radius 2 is 2.00 bits per heavy atom. The first kappa shape index (κ1) is 12.7. The monoisotopic (exact) mass is 242 g/mol. The topological polar surface area (TPSA) is 15.3 Å². The molecule has 0 amide bonds. The minimum absolute atomic E-state index is 0.706. The van der Waals surface area contributed by atoms with E-state index in [4.69, 9.17) is 0 Å². The lowest BCUT2D eigenvalue weighted by Gasteiger charge is -2.35. The molecule has 0 radical (unpaired) electrons. The number of nitrogens with zero attached hydrogens (tertiary/aromatic N) is 1. The molecule has 0 aliphatic carbocycles. The van der Waals surface area contributed by atoms with Crippen LogP contribution in [0.1, 0.15) is 33.1 Å². The van der Waals surface area contributed by atoms with Gasteiger partial charge >= 0.3 is 0 Å². The summed E-state index contributed by atoms with van der Waals surface area (Å²) in [7, 11) is 0. The molecule has 0 spiro atoms. The fraction of sp³-hybridized carbons (Fsp3) is 1.00. The van der Waals surface area contributed by atoms with E-state index in [1.807, 2.05) is 0 Å². The van der Waals surface area contributed by atoms with Gasteiger partial charge in [-0.1, -0.05) is 13.8 Å². The molecule has 0 aromatic heterocycles. The summed E-state index contributed by atoms with van der Waals surface area (Å²) in [6.45, 7) is 8.48. The van der Waals surface area contributed by atoms with Crippen molar-refractivity contribution >= 4 is 11.8 Å². The molecular formula is C13H26N2S. The molecule has 1 unspecified atom stereocenters. The molecule has 3 heteroatoms. The lowest BCUT2D eigenvalue weighted by molar-refractivity contribution is 0.171. The Kier molecular flexibility index (Phi) is 4.98. The van der Waals surface area contributed by atoms with E-state index in [9.17, 15) is 0 Å². The van der Waals surface area contributed by atoms with Gasteiger partial charge in [-0.25, -0.2) is 0 Å². The third-order valence-corrected chi connectivity index (χ3v) is 5.02. The second-order valence-corrected chi connectivity index (χ2v) is 6.72. The SMILES string of the molecule is CC(C)C1CN(C2CCSCC2)CCCN1.